The number of piperidine rings is 1. The Bertz CT molecular complexity index is 679. The normalized spacial score (nSPS) is 16.8. The highest BCUT2D eigenvalue weighted by atomic mass is 35.5. The number of carbonyl (C=O) groups is 2. The molecule has 1 atom stereocenters. The van der Waals surface area contributed by atoms with E-state index in [1.807, 2.05) is 6.07 Å². The molecule has 0 aliphatic carbocycles. The van der Waals surface area contributed by atoms with Gasteiger partial charge in [0, 0.05) is 19.1 Å². The number of hydrogen-bond donors (Lipinski definition) is 1. The van der Waals surface area contributed by atoms with Crippen LogP contribution in [0.25, 0.3) is 0 Å². The molecule has 24 heavy (non-hydrogen) atoms. The topological polar surface area (TPSA) is 58.6 Å². The summed E-state index contributed by atoms with van der Waals surface area (Å²) in [5.74, 6) is 5.36. The van der Waals surface area contributed by atoms with Gasteiger partial charge >= 0.3 is 0 Å². The van der Waals surface area contributed by atoms with Crippen LogP contribution in [0, 0.1) is 11.8 Å². The fourth-order valence-electron chi connectivity index (χ4n) is 2.76. The second kappa shape index (κ2) is 8.60. The maximum absolute atomic E-state index is 12.5. The molecule has 2 amide bonds. The number of likely N-dealkylation sites (tertiary alicyclic amines) is 1. The van der Waals surface area contributed by atoms with E-state index >= 15 is 0 Å². The van der Waals surface area contributed by atoms with Crippen LogP contribution in [-0.2, 0) is 16.0 Å². The van der Waals surface area contributed by atoms with Gasteiger partial charge in [-0.05, 0) is 43.4 Å². The van der Waals surface area contributed by atoms with Crippen LogP contribution < -0.4 is 10.1 Å². The van der Waals surface area contributed by atoms with Crippen molar-refractivity contribution in [2.75, 3.05) is 20.2 Å². The molecule has 1 aromatic rings. The first-order chi connectivity index (χ1) is 11.5. The Hall–Kier alpha value is -2.19. The van der Waals surface area contributed by atoms with Gasteiger partial charge in [0.2, 0.25) is 5.91 Å². The van der Waals surface area contributed by atoms with Crippen molar-refractivity contribution in [3.8, 4) is 17.6 Å². The van der Waals surface area contributed by atoms with E-state index in [4.69, 9.17) is 16.3 Å². The molecule has 5 nitrogen and oxygen atoms in total. The highest BCUT2D eigenvalue weighted by molar-refractivity contribution is 6.32. The number of carbonyl (C=O) groups excluding carboxylic acids is 2. The van der Waals surface area contributed by atoms with Gasteiger partial charge in [0.25, 0.3) is 5.91 Å². The minimum atomic E-state index is -0.293. The van der Waals surface area contributed by atoms with E-state index in [0.29, 0.717) is 23.9 Å². The number of ether oxygens (including phenoxy) is 1. The molecule has 1 aromatic carbocycles. The van der Waals surface area contributed by atoms with Gasteiger partial charge in [0.15, 0.2) is 0 Å². The van der Waals surface area contributed by atoms with Gasteiger partial charge in [-0.1, -0.05) is 23.6 Å². The van der Waals surface area contributed by atoms with Crippen molar-refractivity contribution in [1.82, 2.24) is 10.2 Å². The zero-order valence-electron chi connectivity index (χ0n) is 13.9. The van der Waals surface area contributed by atoms with Gasteiger partial charge in [-0.15, -0.1) is 0 Å². The van der Waals surface area contributed by atoms with E-state index in [9.17, 15) is 9.59 Å². The summed E-state index contributed by atoms with van der Waals surface area (Å²) in [6.45, 7) is 2.84. The average Bonchev–Trinajstić information content (AvgIpc) is 2.55. The lowest BCUT2D eigenvalue weighted by Crippen LogP contribution is -2.49. The van der Waals surface area contributed by atoms with Crippen LogP contribution >= 0.6 is 11.6 Å². The highest BCUT2D eigenvalue weighted by Crippen LogP contribution is 2.25. The lowest BCUT2D eigenvalue weighted by Gasteiger charge is -2.33. The van der Waals surface area contributed by atoms with Crippen molar-refractivity contribution in [1.29, 1.82) is 0 Å². The summed E-state index contributed by atoms with van der Waals surface area (Å²) < 4.78 is 5.11. The van der Waals surface area contributed by atoms with Crippen molar-refractivity contribution in [3.05, 3.63) is 28.8 Å². The van der Waals surface area contributed by atoms with Gasteiger partial charge in [0.05, 0.1) is 18.6 Å². The molecular weight excluding hydrogens is 328 g/mol. The average molecular weight is 349 g/mol. The zero-order valence-corrected chi connectivity index (χ0v) is 14.7. The Morgan fingerprint density at radius 2 is 2.25 bits per heavy atom. The third-order valence-electron chi connectivity index (χ3n) is 3.92. The summed E-state index contributed by atoms with van der Waals surface area (Å²) in [6, 6.07) is 5.30. The molecule has 0 bridgehead atoms. The predicted octanol–water partition coefficient (Wildman–Crippen LogP) is 2.02. The van der Waals surface area contributed by atoms with E-state index in [1.165, 1.54) is 0 Å². The zero-order chi connectivity index (χ0) is 17.5. The second-order valence-electron chi connectivity index (χ2n) is 5.67. The molecule has 0 aromatic heterocycles. The van der Waals surface area contributed by atoms with Crippen LogP contribution in [0.15, 0.2) is 18.2 Å². The lowest BCUT2D eigenvalue weighted by atomic mass is 10.0. The van der Waals surface area contributed by atoms with E-state index < -0.39 is 0 Å². The summed E-state index contributed by atoms with van der Waals surface area (Å²) in [4.78, 5) is 25.8. The fourth-order valence-corrected chi connectivity index (χ4v) is 3.04. The van der Waals surface area contributed by atoms with Crippen molar-refractivity contribution in [2.45, 2.75) is 32.2 Å². The van der Waals surface area contributed by atoms with Crippen molar-refractivity contribution >= 4 is 23.4 Å². The summed E-state index contributed by atoms with van der Waals surface area (Å²) in [5, 5.41) is 3.34. The number of methoxy groups -OCH3 is 1. The van der Waals surface area contributed by atoms with Crippen LogP contribution in [-0.4, -0.2) is 43.0 Å². The Balaban J connectivity index is 1.95. The van der Waals surface area contributed by atoms with Gasteiger partial charge < -0.3 is 15.0 Å². The first-order valence-electron chi connectivity index (χ1n) is 7.87. The molecule has 0 radical (unpaired) electrons. The van der Waals surface area contributed by atoms with Gasteiger partial charge in [-0.2, -0.15) is 0 Å². The van der Waals surface area contributed by atoms with E-state index in [1.54, 1.807) is 31.1 Å². The first-order valence-corrected chi connectivity index (χ1v) is 8.24. The van der Waals surface area contributed by atoms with Gasteiger partial charge in [0.1, 0.15) is 5.75 Å². The molecule has 1 heterocycles. The van der Waals surface area contributed by atoms with Crippen LogP contribution in [0.4, 0.5) is 0 Å². The maximum Gasteiger partial charge on any atom is 0.296 e. The fraction of sp³-hybridized carbons (Fsp3) is 0.444. The first kappa shape index (κ1) is 18.2. The molecule has 0 saturated carbocycles. The van der Waals surface area contributed by atoms with E-state index in [2.05, 4.69) is 17.2 Å². The Morgan fingerprint density at radius 3 is 2.92 bits per heavy atom. The molecular formula is C18H21ClN2O3. The minimum Gasteiger partial charge on any atom is -0.495 e. The highest BCUT2D eigenvalue weighted by Gasteiger charge is 2.24. The lowest BCUT2D eigenvalue weighted by molar-refractivity contribution is -0.132. The standard InChI is InChI=1S/C18H21ClN2O3/c1-3-5-17(22)20-14-6-4-9-21(12-14)18(23)11-13-7-8-16(24-2)15(19)10-13/h7-8,10,14H,4,6,9,11-12H2,1-2H3,(H,20,22). The van der Waals surface area contributed by atoms with Crippen molar-refractivity contribution in [3.63, 3.8) is 0 Å². The SMILES string of the molecule is CC#CC(=O)NC1CCCN(C(=O)Cc2ccc(OC)c(Cl)c2)C1. The maximum atomic E-state index is 12.5. The Kier molecular flexibility index (Phi) is 6.51. The van der Waals surface area contributed by atoms with E-state index in [-0.39, 0.29) is 24.3 Å². The predicted molar refractivity (Wildman–Crippen MR) is 92.9 cm³/mol. The van der Waals surface area contributed by atoms with Crippen molar-refractivity contribution in [2.24, 2.45) is 0 Å². The molecule has 1 saturated heterocycles. The van der Waals surface area contributed by atoms with Crippen LogP contribution in [0.1, 0.15) is 25.3 Å². The van der Waals surface area contributed by atoms with E-state index in [0.717, 1.165) is 18.4 Å². The quantitative estimate of drug-likeness (QED) is 0.847. The number of benzene rings is 1. The molecule has 1 N–H and O–H groups in total. The Morgan fingerprint density at radius 1 is 1.46 bits per heavy atom. The third-order valence-corrected chi connectivity index (χ3v) is 4.21. The number of amides is 2. The van der Waals surface area contributed by atoms with Crippen LogP contribution in [0.5, 0.6) is 5.75 Å². The monoisotopic (exact) mass is 348 g/mol. The molecule has 0 spiro atoms. The number of rotatable bonds is 4. The number of nitrogens with one attached hydrogen (secondary N) is 1. The van der Waals surface area contributed by atoms with Crippen molar-refractivity contribution < 1.29 is 14.3 Å². The second-order valence-corrected chi connectivity index (χ2v) is 6.08. The smallest absolute Gasteiger partial charge is 0.296 e. The molecule has 1 fully saturated rings. The molecule has 1 unspecified atom stereocenters. The van der Waals surface area contributed by atoms with Gasteiger partial charge in [-0.25, -0.2) is 0 Å². The number of halogens is 1. The summed E-state index contributed by atoms with van der Waals surface area (Å²) >= 11 is 6.10. The largest absolute Gasteiger partial charge is 0.495 e. The van der Waals surface area contributed by atoms with Crippen LogP contribution in [0.2, 0.25) is 5.02 Å². The molecule has 1 aliphatic rings. The molecule has 128 valence electrons. The third kappa shape index (κ3) is 4.90. The Labute approximate surface area is 147 Å². The van der Waals surface area contributed by atoms with Crippen LogP contribution in [0.3, 0.4) is 0 Å². The van der Waals surface area contributed by atoms with Gasteiger partial charge in [-0.3, -0.25) is 9.59 Å². The molecule has 1 aliphatic heterocycles. The minimum absolute atomic E-state index is 0.0248. The summed E-state index contributed by atoms with van der Waals surface area (Å²) in [6.07, 6.45) is 1.99. The number of nitrogens with zero attached hydrogens (tertiary/aromatic N) is 1. The summed E-state index contributed by atoms with van der Waals surface area (Å²) in [5.41, 5.74) is 0.841. The molecule has 6 heteroatoms. The molecule has 2 rings (SSSR count). The number of hydrogen-bond acceptors (Lipinski definition) is 3. The summed E-state index contributed by atoms with van der Waals surface area (Å²) in [7, 11) is 1.55.